The molecule has 0 heterocycles. The van der Waals surface area contributed by atoms with Gasteiger partial charge in [-0.05, 0) is 35.0 Å². The van der Waals surface area contributed by atoms with Crippen molar-refractivity contribution in [3.05, 3.63) is 76.5 Å². The smallest absolute Gasteiger partial charge is 0.317 e. The van der Waals surface area contributed by atoms with Crippen LogP contribution in [0.2, 0.25) is 0 Å². The number of benzene rings is 3. The molecule has 3 aromatic carbocycles. The second-order valence-electron chi connectivity index (χ2n) is 6.36. The van der Waals surface area contributed by atoms with Gasteiger partial charge in [-0.3, -0.25) is 4.57 Å². The van der Waals surface area contributed by atoms with Gasteiger partial charge in [0.15, 0.2) is 0 Å². The molecule has 0 aliphatic heterocycles. The summed E-state index contributed by atoms with van der Waals surface area (Å²) in [6.45, 7) is 0. The number of amides is 2. The Morgan fingerprint density at radius 3 is 2.46 bits per heavy atom. The van der Waals surface area contributed by atoms with Crippen LogP contribution in [0.3, 0.4) is 0 Å². The van der Waals surface area contributed by atoms with Gasteiger partial charge in [0.1, 0.15) is 11.6 Å². The van der Waals surface area contributed by atoms with Gasteiger partial charge in [-0.2, -0.15) is 0 Å². The third kappa shape index (κ3) is 3.83. The first-order valence-electron chi connectivity index (χ1n) is 8.47. The zero-order valence-electron chi connectivity index (χ0n) is 15.3. The summed E-state index contributed by atoms with van der Waals surface area (Å²) in [6, 6.07) is 15.9. The summed E-state index contributed by atoms with van der Waals surface area (Å²) in [5.74, 6) is -2.06. The maximum Gasteiger partial charge on any atom is 0.317 e. The first-order valence-corrected chi connectivity index (χ1v) is 11.0. The summed E-state index contributed by atoms with van der Waals surface area (Å²) < 4.78 is 28.8. The van der Waals surface area contributed by atoms with E-state index in [1.165, 1.54) is 26.2 Å². The Balaban J connectivity index is 2.19. The zero-order valence-corrected chi connectivity index (χ0v) is 17.7. The van der Waals surface area contributed by atoms with Crippen LogP contribution in [-0.4, -0.2) is 29.9 Å². The highest BCUT2D eigenvalue weighted by Gasteiger charge is 2.41. The minimum Gasteiger partial charge on any atom is -0.341 e. The quantitative estimate of drug-likeness (QED) is 0.554. The summed E-state index contributed by atoms with van der Waals surface area (Å²) >= 11 is 3.18. The maximum atomic E-state index is 14.7. The number of urea groups is 1. The highest BCUT2D eigenvalue weighted by Crippen LogP contribution is 2.56. The molecule has 0 fully saturated rings. The normalized spacial score (nSPS) is 14.3. The van der Waals surface area contributed by atoms with Gasteiger partial charge in [0.05, 0.1) is 0 Å². The lowest BCUT2D eigenvalue weighted by Crippen LogP contribution is -2.39. The Morgan fingerprint density at radius 1 is 1.14 bits per heavy atom. The van der Waals surface area contributed by atoms with Crippen LogP contribution in [0.25, 0.3) is 10.8 Å². The van der Waals surface area contributed by atoms with Gasteiger partial charge in [0.25, 0.3) is 7.37 Å². The Bertz CT molecular complexity index is 1090. The van der Waals surface area contributed by atoms with Gasteiger partial charge in [0.2, 0.25) is 0 Å². The molecule has 146 valence electrons. The van der Waals surface area contributed by atoms with Crippen LogP contribution in [-0.2, 0) is 4.57 Å². The van der Waals surface area contributed by atoms with Crippen molar-refractivity contribution in [3.63, 3.8) is 0 Å². The number of nitrogens with one attached hydrogen (secondary N) is 1. The Labute approximate surface area is 170 Å². The summed E-state index contributed by atoms with van der Waals surface area (Å²) in [5, 5.41) is 4.27. The lowest BCUT2D eigenvalue weighted by atomic mass is 10.1. The Hall–Kier alpha value is -2.21. The van der Waals surface area contributed by atoms with Crippen molar-refractivity contribution in [1.29, 1.82) is 0 Å². The summed E-state index contributed by atoms with van der Waals surface area (Å²) in [6.07, 6.45) is 0. The van der Waals surface area contributed by atoms with Gasteiger partial charge < -0.3 is 15.1 Å². The van der Waals surface area contributed by atoms with E-state index >= 15 is 0 Å². The lowest BCUT2D eigenvalue weighted by Gasteiger charge is -2.32. The van der Waals surface area contributed by atoms with Gasteiger partial charge in [-0.25, -0.2) is 9.18 Å². The van der Waals surface area contributed by atoms with Crippen LogP contribution < -0.4 is 10.6 Å². The first-order chi connectivity index (χ1) is 13.3. The predicted octanol–water partition coefficient (Wildman–Crippen LogP) is 4.61. The van der Waals surface area contributed by atoms with Gasteiger partial charge in [-0.15, -0.1) is 0 Å². The molecule has 3 rings (SSSR count). The summed E-state index contributed by atoms with van der Waals surface area (Å²) in [7, 11) is -1.46. The van der Waals surface area contributed by atoms with Crippen LogP contribution >= 0.6 is 23.3 Å². The van der Waals surface area contributed by atoms with Crippen LogP contribution in [0.1, 0.15) is 11.3 Å². The average molecular weight is 465 g/mol. The fourth-order valence-electron chi connectivity index (χ4n) is 3.15. The molecule has 2 atom stereocenters. The van der Waals surface area contributed by atoms with Crippen molar-refractivity contribution < 1.29 is 18.6 Å². The van der Waals surface area contributed by atoms with E-state index in [0.717, 1.165) is 15.7 Å². The van der Waals surface area contributed by atoms with E-state index in [0.29, 0.717) is 4.47 Å². The molecule has 0 saturated heterocycles. The van der Waals surface area contributed by atoms with E-state index in [1.54, 1.807) is 24.3 Å². The number of nitrogens with zero attached hydrogens (tertiary/aromatic N) is 1. The fraction of sp³-hybridized carbons (Fsp3) is 0.150. The molecule has 2 N–H and O–H groups in total. The van der Waals surface area contributed by atoms with Gasteiger partial charge in [-0.1, -0.05) is 52.3 Å². The topological polar surface area (TPSA) is 69.6 Å². The first kappa shape index (κ1) is 20.5. The van der Waals surface area contributed by atoms with Crippen LogP contribution in [0.4, 0.5) is 9.18 Å². The Morgan fingerprint density at radius 2 is 1.82 bits per heavy atom. The van der Waals surface area contributed by atoms with Crippen LogP contribution in [0.5, 0.6) is 0 Å². The highest BCUT2D eigenvalue weighted by molar-refractivity contribution is 9.10. The number of carbonyl (C=O) groups is 1. The molecule has 5 nitrogen and oxygen atoms in total. The van der Waals surface area contributed by atoms with Crippen molar-refractivity contribution in [2.24, 2.45) is 0 Å². The van der Waals surface area contributed by atoms with E-state index in [-0.39, 0.29) is 10.9 Å². The molecule has 0 aromatic heterocycles. The molecule has 2 unspecified atom stereocenters. The zero-order chi connectivity index (χ0) is 20.5. The fourth-order valence-corrected chi connectivity index (χ4v) is 5.54. The number of hydrogen-bond donors (Lipinski definition) is 2. The van der Waals surface area contributed by atoms with E-state index in [9.17, 15) is 18.6 Å². The second kappa shape index (κ2) is 8.03. The number of carbonyl (C=O) groups excluding carboxylic acids is 1. The molecule has 3 aromatic rings. The third-order valence-corrected chi connectivity index (χ3v) is 7.38. The van der Waals surface area contributed by atoms with Gasteiger partial charge >= 0.3 is 6.03 Å². The standard InChI is InChI=1S/C20H19BrFN2O3P/c1-23-20(25)24(2)19(17-10-8-15(21)12-18(17)22)28(26,27)16-9-7-13-5-3-4-6-14(13)11-16/h3-12,19H,1-2H3,(H,23,25)(H,26,27). The molecule has 0 spiro atoms. The number of rotatable bonds is 4. The monoisotopic (exact) mass is 464 g/mol. The molecule has 0 aliphatic rings. The van der Waals surface area contributed by atoms with Crippen molar-refractivity contribution in [1.82, 2.24) is 10.2 Å². The SMILES string of the molecule is CNC(=O)N(C)C(c1ccc(Br)cc1F)P(=O)(O)c1ccc2ccccc2c1. The number of hydrogen-bond acceptors (Lipinski definition) is 2. The molecule has 0 saturated carbocycles. The van der Waals surface area contributed by atoms with Gasteiger partial charge in [0, 0.05) is 29.4 Å². The number of fused-ring (bicyclic) bond motifs is 1. The summed E-state index contributed by atoms with van der Waals surface area (Å²) in [5.41, 5.74) is -0.0340. The third-order valence-electron chi connectivity index (χ3n) is 4.58. The van der Waals surface area contributed by atoms with E-state index in [1.807, 2.05) is 24.3 Å². The molecule has 0 aliphatic carbocycles. The molecule has 2 amide bonds. The van der Waals surface area contributed by atoms with Crippen molar-refractivity contribution in [2.75, 3.05) is 14.1 Å². The van der Waals surface area contributed by atoms with E-state index in [4.69, 9.17) is 0 Å². The molecule has 0 bridgehead atoms. The lowest BCUT2D eigenvalue weighted by molar-refractivity contribution is 0.203. The maximum absolute atomic E-state index is 14.7. The molecular weight excluding hydrogens is 446 g/mol. The minimum atomic E-state index is -4.24. The van der Waals surface area contributed by atoms with Crippen LogP contribution in [0, 0.1) is 5.82 Å². The highest BCUT2D eigenvalue weighted by atomic mass is 79.9. The minimum absolute atomic E-state index is 0.0340. The molecule has 28 heavy (non-hydrogen) atoms. The molecule has 8 heteroatoms. The van der Waals surface area contributed by atoms with E-state index < -0.39 is 25.0 Å². The van der Waals surface area contributed by atoms with E-state index in [2.05, 4.69) is 21.2 Å². The molecule has 0 radical (unpaired) electrons. The van der Waals surface area contributed by atoms with Crippen molar-refractivity contribution in [2.45, 2.75) is 5.78 Å². The van der Waals surface area contributed by atoms with Crippen molar-refractivity contribution in [3.8, 4) is 0 Å². The van der Waals surface area contributed by atoms with Crippen LogP contribution in [0.15, 0.2) is 65.1 Å². The summed E-state index contributed by atoms with van der Waals surface area (Å²) in [4.78, 5) is 24.4. The second-order valence-corrected chi connectivity index (χ2v) is 9.53. The number of halogens is 2. The Kier molecular flexibility index (Phi) is 5.89. The average Bonchev–Trinajstić information content (AvgIpc) is 2.68. The van der Waals surface area contributed by atoms with Crippen molar-refractivity contribution >= 4 is 45.4 Å². The molecular formula is C20H19BrFN2O3P. The largest absolute Gasteiger partial charge is 0.341 e. The predicted molar refractivity (Wildman–Crippen MR) is 112 cm³/mol.